The van der Waals surface area contributed by atoms with E-state index in [2.05, 4.69) is 5.32 Å². The summed E-state index contributed by atoms with van der Waals surface area (Å²) in [6, 6.07) is 0. The van der Waals surface area contributed by atoms with E-state index in [1.807, 2.05) is 0 Å². The third-order valence-electron chi connectivity index (χ3n) is 2.15. The van der Waals surface area contributed by atoms with Crippen LogP contribution in [0.15, 0.2) is 0 Å². The molecule has 0 aliphatic rings. The Morgan fingerprint density at radius 3 is 2.15 bits per heavy atom. The minimum Gasteiger partial charge on any atom is -0.354 e. The van der Waals surface area contributed by atoms with Crippen LogP contribution in [0.1, 0.15) is 33.1 Å². The molecule has 0 saturated carbocycles. The van der Waals surface area contributed by atoms with Crippen molar-refractivity contribution in [3.05, 3.63) is 0 Å². The van der Waals surface area contributed by atoms with Crippen LogP contribution in [0.25, 0.3) is 0 Å². The van der Waals surface area contributed by atoms with Crippen LogP contribution < -0.4 is 5.32 Å². The number of alkyl halides is 3. The van der Waals surface area contributed by atoms with Crippen LogP contribution in [0.4, 0.5) is 13.2 Å². The second-order valence-corrected chi connectivity index (χ2v) is 3.29. The van der Waals surface area contributed by atoms with Gasteiger partial charge in [0.15, 0.2) is 0 Å². The summed E-state index contributed by atoms with van der Waals surface area (Å²) in [4.78, 5) is 10.1. The molecule has 13 heavy (non-hydrogen) atoms. The SMILES string of the molecule is CCC(C)(CCC(F)(F)F)NC=O. The molecule has 0 radical (unpaired) electrons. The molecule has 1 unspecified atom stereocenters. The quantitative estimate of drug-likeness (QED) is 0.673. The maximum absolute atomic E-state index is 11.8. The van der Waals surface area contributed by atoms with Gasteiger partial charge in [0.2, 0.25) is 6.41 Å². The number of halogens is 3. The van der Waals surface area contributed by atoms with Crippen molar-refractivity contribution >= 4 is 6.41 Å². The Labute approximate surface area is 75.5 Å². The molecule has 0 rings (SSSR count). The fourth-order valence-electron chi connectivity index (χ4n) is 0.911. The highest BCUT2D eigenvalue weighted by Crippen LogP contribution is 2.26. The van der Waals surface area contributed by atoms with E-state index in [1.54, 1.807) is 13.8 Å². The van der Waals surface area contributed by atoms with E-state index in [0.717, 1.165) is 0 Å². The van der Waals surface area contributed by atoms with Crippen molar-refractivity contribution in [3.8, 4) is 0 Å². The molecule has 1 amide bonds. The maximum atomic E-state index is 11.8. The molecule has 0 aromatic heterocycles. The van der Waals surface area contributed by atoms with Crippen LogP contribution in [-0.2, 0) is 4.79 Å². The summed E-state index contributed by atoms with van der Waals surface area (Å²) < 4.78 is 35.5. The molecule has 0 aromatic rings. The number of rotatable bonds is 5. The van der Waals surface area contributed by atoms with Crippen molar-refractivity contribution in [3.63, 3.8) is 0 Å². The Balaban J connectivity index is 4.04. The molecule has 1 N–H and O–H groups in total. The van der Waals surface area contributed by atoms with Gasteiger partial charge < -0.3 is 5.32 Å². The van der Waals surface area contributed by atoms with Crippen molar-refractivity contribution in [2.24, 2.45) is 0 Å². The van der Waals surface area contributed by atoms with E-state index >= 15 is 0 Å². The third-order valence-corrected chi connectivity index (χ3v) is 2.15. The summed E-state index contributed by atoms with van der Waals surface area (Å²) in [7, 11) is 0. The van der Waals surface area contributed by atoms with Crippen molar-refractivity contribution in [2.75, 3.05) is 0 Å². The molecule has 2 nitrogen and oxygen atoms in total. The highest BCUT2D eigenvalue weighted by atomic mass is 19.4. The number of carbonyl (C=O) groups is 1. The smallest absolute Gasteiger partial charge is 0.354 e. The van der Waals surface area contributed by atoms with Crippen LogP contribution in [0.2, 0.25) is 0 Å². The van der Waals surface area contributed by atoms with Crippen LogP contribution in [-0.4, -0.2) is 18.1 Å². The van der Waals surface area contributed by atoms with Gasteiger partial charge in [-0.25, -0.2) is 0 Å². The first-order chi connectivity index (χ1) is 5.83. The minimum absolute atomic E-state index is 0.0776. The first-order valence-corrected chi connectivity index (χ1v) is 4.11. The Kier molecular flexibility index (Phi) is 4.23. The predicted octanol–water partition coefficient (Wildman–Crippen LogP) is 2.24. The molecule has 0 aliphatic carbocycles. The maximum Gasteiger partial charge on any atom is 0.389 e. The monoisotopic (exact) mass is 197 g/mol. The molecular formula is C8H14F3NO. The molecule has 0 aliphatic heterocycles. The van der Waals surface area contributed by atoms with Gasteiger partial charge in [0.1, 0.15) is 0 Å². The zero-order chi connectivity index (χ0) is 10.5. The normalized spacial score (nSPS) is 16.4. The van der Waals surface area contributed by atoms with Gasteiger partial charge in [-0.2, -0.15) is 13.2 Å². The van der Waals surface area contributed by atoms with Crippen LogP contribution >= 0.6 is 0 Å². The standard InChI is InChI=1S/C8H14F3NO/c1-3-7(2,12-6-13)4-5-8(9,10)11/h6H,3-5H2,1-2H3,(H,12,13). The van der Waals surface area contributed by atoms with E-state index in [-0.39, 0.29) is 6.42 Å². The van der Waals surface area contributed by atoms with Crippen LogP contribution in [0.3, 0.4) is 0 Å². The topological polar surface area (TPSA) is 29.1 Å². The predicted molar refractivity (Wildman–Crippen MR) is 43.2 cm³/mol. The van der Waals surface area contributed by atoms with Crippen molar-refractivity contribution < 1.29 is 18.0 Å². The summed E-state index contributed by atoms with van der Waals surface area (Å²) in [5.41, 5.74) is -0.739. The largest absolute Gasteiger partial charge is 0.389 e. The van der Waals surface area contributed by atoms with Gasteiger partial charge in [-0.05, 0) is 19.8 Å². The number of amides is 1. The molecule has 0 bridgehead atoms. The Morgan fingerprint density at radius 2 is 1.85 bits per heavy atom. The van der Waals surface area contributed by atoms with E-state index in [9.17, 15) is 18.0 Å². The first kappa shape index (κ1) is 12.3. The van der Waals surface area contributed by atoms with E-state index in [4.69, 9.17) is 0 Å². The van der Waals surface area contributed by atoms with Crippen molar-refractivity contribution in [2.45, 2.75) is 44.8 Å². The Bertz CT molecular complexity index is 169. The average molecular weight is 197 g/mol. The molecule has 5 heteroatoms. The molecule has 0 aromatic carbocycles. The van der Waals surface area contributed by atoms with Gasteiger partial charge in [-0.1, -0.05) is 6.92 Å². The summed E-state index contributed by atoms with van der Waals surface area (Å²) in [5, 5.41) is 2.40. The fraction of sp³-hybridized carbons (Fsp3) is 0.875. The summed E-state index contributed by atoms with van der Waals surface area (Å²) in [6.07, 6.45) is -4.16. The molecule has 0 spiro atoms. The number of hydrogen-bond donors (Lipinski definition) is 1. The second kappa shape index (κ2) is 4.48. The zero-order valence-corrected chi connectivity index (χ0v) is 7.74. The number of carbonyl (C=O) groups excluding carboxylic acids is 1. The third kappa shape index (κ3) is 5.49. The molecule has 0 saturated heterocycles. The summed E-state index contributed by atoms with van der Waals surface area (Å²) in [6.45, 7) is 3.35. The molecule has 1 atom stereocenters. The van der Waals surface area contributed by atoms with E-state index in [1.165, 1.54) is 0 Å². The van der Waals surface area contributed by atoms with E-state index in [0.29, 0.717) is 12.8 Å². The number of nitrogens with one attached hydrogen (secondary N) is 1. The van der Waals surface area contributed by atoms with Gasteiger partial charge >= 0.3 is 6.18 Å². The van der Waals surface area contributed by atoms with Crippen LogP contribution in [0, 0.1) is 0 Å². The lowest BCUT2D eigenvalue weighted by Crippen LogP contribution is -2.41. The highest BCUT2D eigenvalue weighted by Gasteiger charge is 2.32. The van der Waals surface area contributed by atoms with Gasteiger partial charge in [-0.3, -0.25) is 4.79 Å². The molecule has 78 valence electrons. The van der Waals surface area contributed by atoms with E-state index < -0.39 is 18.1 Å². The molecular weight excluding hydrogens is 183 g/mol. The average Bonchev–Trinajstić information content (AvgIpc) is 2.01. The van der Waals surface area contributed by atoms with Gasteiger partial charge in [-0.15, -0.1) is 0 Å². The lowest BCUT2D eigenvalue weighted by atomic mass is 9.93. The number of hydrogen-bond acceptors (Lipinski definition) is 1. The molecule has 0 heterocycles. The Hall–Kier alpha value is -0.740. The fourth-order valence-corrected chi connectivity index (χ4v) is 0.911. The molecule has 0 fully saturated rings. The Morgan fingerprint density at radius 1 is 1.31 bits per heavy atom. The highest BCUT2D eigenvalue weighted by molar-refractivity contribution is 5.47. The van der Waals surface area contributed by atoms with Crippen molar-refractivity contribution in [1.29, 1.82) is 0 Å². The lowest BCUT2D eigenvalue weighted by Gasteiger charge is -2.27. The summed E-state index contributed by atoms with van der Waals surface area (Å²) >= 11 is 0. The van der Waals surface area contributed by atoms with Gasteiger partial charge in [0.05, 0.1) is 0 Å². The van der Waals surface area contributed by atoms with Gasteiger partial charge in [0, 0.05) is 12.0 Å². The minimum atomic E-state index is -4.15. The second-order valence-electron chi connectivity index (χ2n) is 3.29. The van der Waals surface area contributed by atoms with Crippen molar-refractivity contribution in [1.82, 2.24) is 5.32 Å². The summed E-state index contributed by atoms with van der Waals surface area (Å²) in [5.74, 6) is 0. The first-order valence-electron chi connectivity index (χ1n) is 4.11. The van der Waals surface area contributed by atoms with Crippen LogP contribution in [0.5, 0.6) is 0 Å². The lowest BCUT2D eigenvalue weighted by molar-refractivity contribution is -0.139. The van der Waals surface area contributed by atoms with Gasteiger partial charge in [0.25, 0.3) is 0 Å². The zero-order valence-electron chi connectivity index (χ0n) is 7.74.